The molecule has 2 aromatic rings. The summed E-state index contributed by atoms with van der Waals surface area (Å²) in [6.07, 6.45) is 14.3. The van der Waals surface area contributed by atoms with Crippen molar-refractivity contribution in [3.63, 3.8) is 0 Å². The van der Waals surface area contributed by atoms with Crippen molar-refractivity contribution in [3.8, 4) is 11.5 Å². The Balaban J connectivity index is 2.10. The summed E-state index contributed by atoms with van der Waals surface area (Å²) in [6.45, 7) is 17.5. The highest BCUT2D eigenvalue weighted by Crippen LogP contribution is 2.34. The minimum atomic E-state index is 0.0846. The SMILES string of the molecule is CCCCC(C)COc1c2c(c(OCC(C)CCCC)c3cc(C(C)(C)C)ccc13)=CCCC=2. The smallest absolute Gasteiger partial charge is 0.134 e. The van der Waals surface area contributed by atoms with E-state index in [1.54, 1.807) is 0 Å². The van der Waals surface area contributed by atoms with Gasteiger partial charge < -0.3 is 9.47 Å². The molecule has 0 amide bonds. The largest absolute Gasteiger partial charge is 0.492 e. The topological polar surface area (TPSA) is 18.5 Å². The van der Waals surface area contributed by atoms with E-state index in [1.807, 2.05) is 0 Å². The van der Waals surface area contributed by atoms with Crippen molar-refractivity contribution >= 4 is 22.9 Å². The van der Waals surface area contributed by atoms with Crippen molar-refractivity contribution in [1.82, 2.24) is 0 Å². The number of hydrogen-bond donors (Lipinski definition) is 0. The summed E-state index contributed by atoms with van der Waals surface area (Å²) < 4.78 is 13.3. The predicted molar refractivity (Wildman–Crippen MR) is 148 cm³/mol. The van der Waals surface area contributed by atoms with Crippen LogP contribution in [-0.2, 0) is 5.41 Å². The first-order valence-electron chi connectivity index (χ1n) is 13.8. The van der Waals surface area contributed by atoms with Crippen LogP contribution in [0.4, 0.5) is 0 Å². The van der Waals surface area contributed by atoms with Crippen molar-refractivity contribution in [2.75, 3.05) is 13.2 Å². The van der Waals surface area contributed by atoms with Crippen LogP contribution in [0.1, 0.15) is 105 Å². The molecule has 0 bridgehead atoms. The number of benzene rings is 2. The second-order valence-corrected chi connectivity index (χ2v) is 11.6. The fourth-order valence-electron chi connectivity index (χ4n) is 4.83. The van der Waals surface area contributed by atoms with Gasteiger partial charge in [0, 0.05) is 21.2 Å². The normalized spacial score (nSPS) is 15.3. The molecule has 0 spiro atoms. The van der Waals surface area contributed by atoms with Gasteiger partial charge in [-0.15, -0.1) is 0 Å². The summed E-state index contributed by atoms with van der Waals surface area (Å²) in [4.78, 5) is 0. The van der Waals surface area contributed by atoms with Crippen LogP contribution in [0.25, 0.3) is 22.9 Å². The summed E-state index contributed by atoms with van der Waals surface area (Å²) in [5, 5.41) is 4.87. The van der Waals surface area contributed by atoms with Gasteiger partial charge in [-0.3, -0.25) is 0 Å². The summed E-state index contributed by atoms with van der Waals surface area (Å²) in [6, 6.07) is 6.91. The Bertz CT molecular complexity index is 1060. The summed E-state index contributed by atoms with van der Waals surface area (Å²) in [7, 11) is 0. The Morgan fingerprint density at radius 3 is 1.74 bits per heavy atom. The van der Waals surface area contributed by atoms with Gasteiger partial charge in [0.05, 0.1) is 13.2 Å². The molecule has 2 aromatic carbocycles. The first kappa shape index (κ1) is 26.6. The summed E-state index contributed by atoms with van der Waals surface area (Å²) in [5.74, 6) is 3.22. The molecule has 0 saturated carbocycles. The Morgan fingerprint density at radius 1 is 0.765 bits per heavy atom. The molecule has 0 radical (unpaired) electrons. The van der Waals surface area contributed by atoms with E-state index in [4.69, 9.17) is 9.47 Å². The van der Waals surface area contributed by atoms with Gasteiger partial charge in [0.25, 0.3) is 0 Å². The van der Waals surface area contributed by atoms with Crippen LogP contribution in [0.5, 0.6) is 11.5 Å². The van der Waals surface area contributed by atoms with E-state index in [1.165, 1.54) is 65.3 Å². The van der Waals surface area contributed by atoms with Crippen LogP contribution < -0.4 is 19.9 Å². The van der Waals surface area contributed by atoms with Crippen molar-refractivity contribution in [2.45, 2.75) is 105 Å². The maximum absolute atomic E-state index is 6.67. The van der Waals surface area contributed by atoms with Crippen LogP contribution in [0.15, 0.2) is 18.2 Å². The molecule has 3 rings (SSSR count). The second-order valence-electron chi connectivity index (χ2n) is 11.6. The predicted octanol–water partition coefficient (Wildman–Crippen LogP) is 7.90. The third-order valence-electron chi connectivity index (χ3n) is 7.14. The molecule has 1 aliphatic rings. The van der Waals surface area contributed by atoms with Gasteiger partial charge in [-0.2, -0.15) is 0 Å². The second kappa shape index (κ2) is 12.1. The number of hydrogen-bond acceptors (Lipinski definition) is 2. The lowest BCUT2D eigenvalue weighted by molar-refractivity contribution is 0.244. The summed E-state index contributed by atoms with van der Waals surface area (Å²) in [5.41, 5.74) is 1.42. The van der Waals surface area contributed by atoms with Gasteiger partial charge in [0.15, 0.2) is 0 Å². The Kier molecular flexibility index (Phi) is 9.51. The minimum absolute atomic E-state index is 0.0846. The van der Waals surface area contributed by atoms with E-state index < -0.39 is 0 Å². The minimum Gasteiger partial charge on any atom is -0.492 e. The fraction of sp³-hybridized carbons (Fsp3) is 0.625. The molecule has 34 heavy (non-hydrogen) atoms. The molecule has 0 aliphatic heterocycles. The van der Waals surface area contributed by atoms with Gasteiger partial charge in [-0.1, -0.05) is 98.4 Å². The molecular weight excluding hydrogens is 416 g/mol. The van der Waals surface area contributed by atoms with E-state index in [9.17, 15) is 0 Å². The van der Waals surface area contributed by atoms with E-state index in [-0.39, 0.29) is 5.41 Å². The lowest BCUT2D eigenvalue weighted by Crippen LogP contribution is -2.32. The van der Waals surface area contributed by atoms with Gasteiger partial charge in [-0.05, 0) is 54.6 Å². The van der Waals surface area contributed by atoms with Gasteiger partial charge in [0.2, 0.25) is 0 Å². The van der Waals surface area contributed by atoms with E-state index >= 15 is 0 Å². The molecule has 2 heteroatoms. The maximum atomic E-state index is 6.67. The Morgan fingerprint density at radius 2 is 1.26 bits per heavy atom. The fourth-order valence-corrected chi connectivity index (χ4v) is 4.83. The van der Waals surface area contributed by atoms with Crippen molar-refractivity contribution in [2.24, 2.45) is 11.8 Å². The quantitative estimate of drug-likeness (QED) is 0.318. The van der Waals surface area contributed by atoms with E-state index in [0.29, 0.717) is 11.8 Å². The summed E-state index contributed by atoms with van der Waals surface area (Å²) >= 11 is 0. The zero-order valence-corrected chi connectivity index (χ0v) is 22.9. The molecule has 188 valence electrons. The van der Waals surface area contributed by atoms with Crippen molar-refractivity contribution < 1.29 is 9.47 Å². The third kappa shape index (κ3) is 6.58. The molecule has 0 heterocycles. The van der Waals surface area contributed by atoms with Gasteiger partial charge in [0.1, 0.15) is 11.5 Å². The number of unbranched alkanes of at least 4 members (excludes halogenated alkanes) is 2. The average Bonchev–Trinajstić information content (AvgIpc) is 2.82. The van der Waals surface area contributed by atoms with Crippen molar-refractivity contribution in [1.29, 1.82) is 0 Å². The molecule has 0 N–H and O–H groups in total. The number of rotatable bonds is 12. The zero-order chi connectivity index (χ0) is 24.7. The lowest BCUT2D eigenvalue weighted by Gasteiger charge is -2.23. The maximum Gasteiger partial charge on any atom is 0.134 e. The highest BCUT2D eigenvalue weighted by molar-refractivity contribution is 5.95. The Hall–Kier alpha value is -1.96. The lowest BCUT2D eigenvalue weighted by atomic mass is 9.85. The molecule has 2 nitrogen and oxygen atoms in total. The van der Waals surface area contributed by atoms with Crippen LogP contribution in [-0.4, -0.2) is 13.2 Å². The number of fused-ring (bicyclic) bond motifs is 2. The van der Waals surface area contributed by atoms with Crippen LogP contribution in [0.3, 0.4) is 0 Å². The third-order valence-corrected chi connectivity index (χ3v) is 7.14. The molecule has 1 aliphatic carbocycles. The molecule has 2 atom stereocenters. The average molecular weight is 465 g/mol. The van der Waals surface area contributed by atoms with Crippen LogP contribution in [0, 0.1) is 11.8 Å². The number of ether oxygens (including phenoxy) is 2. The first-order chi connectivity index (χ1) is 16.3. The highest BCUT2D eigenvalue weighted by Gasteiger charge is 2.20. The molecule has 0 fully saturated rings. The van der Waals surface area contributed by atoms with Crippen LogP contribution in [0.2, 0.25) is 0 Å². The van der Waals surface area contributed by atoms with Crippen molar-refractivity contribution in [3.05, 3.63) is 34.2 Å². The zero-order valence-electron chi connectivity index (χ0n) is 22.9. The van der Waals surface area contributed by atoms with Gasteiger partial charge >= 0.3 is 0 Å². The Labute approximate surface area is 208 Å². The molecule has 0 aromatic heterocycles. The molecular formula is C32H48O2. The van der Waals surface area contributed by atoms with Gasteiger partial charge in [-0.25, -0.2) is 0 Å². The van der Waals surface area contributed by atoms with E-state index in [0.717, 1.165) is 37.6 Å². The first-order valence-corrected chi connectivity index (χ1v) is 13.8. The standard InChI is InChI=1S/C32H48O2/c1-8-10-14-23(3)21-33-30-26-16-12-13-17-27(26)31(34-22-24(4)15-11-9-2)29-20-25(32(5,6)7)18-19-28(29)30/h16-20,23-24H,8-15,21-22H2,1-7H3. The van der Waals surface area contributed by atoms with Crippen LogP contribution >= 0.6 is 0 Å². The molecule has 0 saturated heterocycles. The van der Waals surface area contributed by atoms with E-state index in [2.05, 4.69) is 78.8 Å². The monoisotopic (exact) mass is 464 g/mol. The molecule has 2 unspecified atom stereocenters. The highest BCUT2D eigenvalue weighted by atomic mass is 16.5.